The summed E-state index contributed by atoms with van der Waals surface area (Å²) < 4.78 is 5.64. The lowest BCUT2D eigenvalue weighted by Gasteiger charge is -2.24. The van der Waals surface area contributed by atoms with E-state index in [2.05, 4.69) is 24.4 Å². The van der Waals surface area contributed by atoms with Gasteiger partial charge < -0.3 is 15.2 Å². The van der Waals surface area contributed by atoms with Gasteiger partial charge in [0.2, 0.25) is 0 Å². The molecule has 0 aromatic heterocycles. The Kier molecular flexibility index (Phi) is 5.35. The van der Waals surface area contributed by atoms with Crippen LogP contribution >= 0.6 is 11.8 Å². The highest BCUT2D eigenvalue weighted by molar-refractivity contribution is 7.99. The van der Waals surface area contributed by atoms with Gasteiger partial charge in [-0.25, -0.2) is 0 Å². The normalized spacial score (nSPS) is 24.1. The van der Waals surface area contributed by atoms with Crippen LogP contribution in [0.15, 0.2) is 24.3 Å². The molecule has 4 heteroatoms. The van der Waals surface area contributed by atoms with E-state index in [-0.39, 0.29) is 12.1 Å². The van der Waals surface area contributed by atoms with Crippen molar-refractivity contribution in [2.24, 2.45) is 0 Å². The van der Waals surface area contributed by atoms with Crippen molar-refractivity contribution in [3.8, 4) is 5.75 Å². The Morgan fingerprint density at radius 1 is 1.30 bits per heavy atom. The SMILES string of the molecule is CC(C)Oc1ccc(C(C)NCC2(O)CCSC2)cc1. The van der Waals surface area contributed by atoms with E-state index in [9.17, 15) is 5.11 Å². The molecule has 2 N–H and O–H groups in total. The maximum atomic E-state index is 10.3. The molecule has 1 aromatic carbocycles. The molecule has 3 nitrogen and oxygen atoms in total. The summed E-state index contributed by atoms with van der Waals surface area (Å²) in [4.78, 5) is 0. The molecule has 0 bridgehead atoms. The third kappa shape index (κ3) is 4.40. The van der Waals surface area contributed by atoms with Gasteiger partial charge >= 0.3 is 0 Å². The Labute approximate surface area is 126 Å². The maximum Gasteiger partial charge on any atom is 0.119 e. The molecule has 1 aliphatic rings. The van der Waals surface area contributed by atoms with Crippen LogP contribution in [0.1, 0.15) is 38.8 Å². The number of hydrogen-bond acceptors (Lipinski definition) is 4. The molecular weight excluding hydrogens is 270 g/mol. The Balaban J connectivity index is 1.87. The molecule has 1 aromatic rings. The van der Waals surface area contributed by atoms with Crippen LogP contribution in [0.5, 0.6) is 5.75 Å². The molecule has 1 saturated heterocycles. The number of thioether (sulfide) groups is 1. The van der Waals surface area contributed by atoms with Crippen LogP contribution in [-0.2, 0) is 0 Å². The van der Waals surface area contributed by atoms with Gasteiger partial charge in [-0.05, 0) is 50.6 Å². The van der Waals surface area contributed by atoms with E-state index >= 15 is 0 Å². The molecule has 0 amide bonds. The molecule has 2 rings (SSSR count). The molecule has 0 saturated carbocycles. The molecule has 112 valence electrons. The molecule has 2 atom stereocenters. The molecule has 2 unspecified atom stereocenters. The van der Waals surface area contributed by atoms with Gasteiger partial charge in [0.25, 0.3) is 0 Å². The van der Waals surface area contributed by atoms with Gasteiger partial charge in [0.1, 0.15) is 5.75 Å². The fourth-order valence-electron chi connectivity index (χ4n) is 2.30. The van der Waals surface area contributed by atoms with Crippen molar-refractivity contribution in [2.75, 3.05) is 18.1 Å². The van der Waals surface area contributed by atoms with Crippen LogP contribution < -0.4 is 10.1 Å². The van der Waals surface area contributed by atoms with E-state index in [1.165, 1.54) is 5.56 Å². The summed E-state index contributed by atoms with van der Waals surface area (Å²) >= 11 is 1.83. The highest BCUT2D eigenvalue weighted by Gasteiger charge is 2.31. The second-order valence-electron chi connectivity index (χ2n) is 5.87. The fraction of sp³-hybridized carbons (Fsp3) is 0.625. The number of benzene rings is 1. The zero-order valence-electron chi connectivity index (χ0n) is 12.6. The molecule has 0 aliphatic carbocycles. The van der Waals surface area contributed by atoms with Crippen LogP contribution in [-0.4, -0.2) is 34.9 Å². The van der Waals surface area contributed by atoms with E-state index in [0.717, 1.165) is 23.7 Å². The Morgan fingerprint density at radius 3 is 2.55 bits per heavy atom. The average molecular weight is 295 g/mol. The van der Waals surface area contributed by atoms with Crippen LogP contribution in [0.3, 0.4) is 0 Å². The predicted octanol–water partition coefficient (Wildman–Crippen LogP) is 2.99. The van der Waals surface area contributed by atoms with Crippen LogP contribution in [0, 0.1) is 0 Å². The maximum absolute atomic E-state index is 10.3. The highest BCUT2D eigenvalue weighted by Crippen LogP contribution is 2.28. The lowest BCUT2D eigenvalue weighted by Crippen LogP contribution is -2.41. The zero-order valence-corrected chi connectivity index (χ0v) is 13.4. The van der Waals surface area contributed by atoms with E-state index in [1.807, 2.05) is 37.7 Å². The minimum atomic E-state index is -0.528. The monoisotopic (exact) mass is 295 g/mol. The van der Waals surface area contributed by atoms with Crippen molar-refractivity contribution in [3.63, 3.8) is 0 Å². The first-order valence-corrected chi connectivity index (χ1v) is 8.44. The van der Waals surface area contributed by atoms with E-state index in [0.29, 0.717) is 6.54 Å². The van der Waals surface area contributed by atoms with Crippen molar-refractivity contribution in [1.29, 1.82) is 0 Å². The van der Waals surface area contributed by atoms with E-state index in [1.54, 1.807) is 0 Å². The van der Waals surface area contributed by atoms with Gasteiger partial charge in [0.05, 0.1) is 11.7 Å². The largest absolute Gasteiger partial charge is 0.491 e. The summed E-state index contributed by atoms with van der Waals surface area (Å²) in [5, 5.41) is 13.8. The van der Waals surface area contributed by atoms with Crippen molar-refractivity contribution < 1.29 is 9.84 Å². The van der Waals surface area contributed by atoms with Crippen molar-refractivity contribution >= 4 is 11.8 Å². The van der Waals surface area contributed by atoms with Gasteiger partial charge in [0.15, 0.2) is 0 Å². The standard InChI is InChI=1S/C16H25NO2S/c1-12(2)19-15-6-4-14(5-7-15)13(3)17-10-16(18)8-9-20-11-16/h4-7,12-13,17-18H,8-11H2,1-3H3. The van der Waals surface area contributed by atoms with Gasteiger partial charge in [-0.15, -0.1) is 0 Å². The second kappa shape index (κ2) is 6.83. The van der Waals surface area contributed by atoms with Crippen LogP contribution in [0.2, 0.25) is 0 Å². The summed E-state index contributed by atoms with van der Waals surface area (Å²) in [6.07, 6.45) is 1.09. The second-order valence-corrected chi connectivity index (χ2v) is 6.97. The van der Waals surface area contributed by atoms with Crippen LogP contribution in [0.25, 0.3) is 0 Å². The third-order valence-corrected chi connectivity index (χ3v) is 4.81. The van der Waals surface area contributed by atoms with Crippen molar-refractivity contribution in [1.82, 2.24) is 5.32 Å². The number of rotatable bonds is 6. The molecule has 1 fully saturated rings. The smallest absolute Gasteiger partial charge is 0.119 e. The summed E-state index contributed by atoms with van der Waals surface area (Å²) in [5.41, 5.74) is 0.690. The Hall–Kier alpha value is -0.710. The van der Waals surface area contributed by atoms with Crippen molar-refractivity contribution in [2.45, 2.75) is 44.9 Å². The van der Waals surface area contributed by atoms with Crippen LogP contribution in [0.4, 0.5) is 0 Å². The first kappa shape index (κ1) is 15.7. The van der Waals surface area contributed by atoms with E-state index in [4.69, 9.17) is 4.74 Å². The fourth-order valence-corrected chi connectivity index (χ4v) is 3.60. The number of nitrogens with one attached hydrogen (secondary N) is 1. The van der Waals surface area contributed by atoms with Gasteiger partial charge in [-0.1, -0.05) is 12.1 Å². The zero-order chi connectivity index (χ0) is 14.6. The first-order valence-electron chi connectivity index (χ1n) is 7.29. The minimum absolute atomic E-state index is 0.200. The molecule has 1 heterocycles. The number of aliphatic hydroxyl groups is 1. The lowest BCUT2D eigenvalue weighted by atomic mass is 10.0. The van der Waals surface area contributed by atoms with Gasteiger partial charge in [-0.3, -0.25) is 0 Å². The average Bonchev–Trinajstić information content (AvgIpc) is 2.84. The van der Waals surface area contributed by atoms with Gasteiger partial charge in [-0.2, -0.15) is 11.8 Å². The van der Waals surface area contributed by atoms with Gasteiger partial charge in [0, 0.05) is 18.3 Å². The Bertz CT molecular complexity index is 413. The molecular formula is C16H25NO2S. The predicted molar refractivity (Wildman–Crippen MR) is 85.5 cm³/mol. The minimum Gasteiger partial charge on any atom is -0.491 e. The molecule has 0 spiro atoms. The summed E-state index contributed by atoms with van der Waals surface area (Å²) in [6.45, 7) is 6.84. The molecule has 1 aliphatic heterocycles. The Morgan fingerprint density at radius 2 is 2.00 bits per heavy atom. The number of hydrogen-bond donors (Lipinski definition) is 2. The number of ether oxygens (including phenoxy) is 1. The first-order chi connectivity index (χ1) is 9.48. The highest BCUT2D eigenvalue weighted by atomic mass is 32.2. The molecule has 0 radical (unpaired) electrons. The summed E-state index contributed by atoms with van der Waals surface area (Å²) in [7, 11) is 0. The lowest BCUT2D eigenvalue weighted by molar-refractivity contribution is 0.0651. The topological polar surface area (TPSA) is 41.5 Å². The van der Waals surface area contributed by atoms with E-state index < -0.39 is 5.60 Å². The summed E-state index contributed by atoms with van der Waals surface area (Å²) in [5.74, 6) is 2.81. The quantitative estimate of drug-likeness (QED) is 0.846. The third-order valence-electron chi connectivity index (χ3n) is 3.57. The van der Waals surface area contributed by atoms with Crippen molar-refractivity contribution in [3.05, 3.63) is 29.8 Å². The molecule has 20 heavy (non-hydrogen) atoms. The summed E-state index contributed by atoms with van der Waals surface area (Å²) in [6, 6.07) is 8.42.